The maximum absolute atomic E-state index is 13.1. The Morgan fingerprint density at radius 2 is 1.92 bits per heavy atom. The number of allylic oxidation sites excluding steroid dienone is 1. The van der Waals surface area contributed by atoms with E-state index in [9.17, 15) is 28.0 Å². The second-order valence-electron chi connectivity index (χ2n) is 8.02. The van der Waals surface area contributed by atoms with Crippen LogP contribution in [0.1, 0.15) is 40.5 Å². The number of rotatable bonds is 1. The van der Waals surface area contributed by atoms with Crippen LogP contribution < -0.4 is 0 Å². The van der Waals surface area contributed by atoms with Crippen molar-refractivity contribution in [2.75, 3.05) is 13.1 Å². The summed E-state index contributed by atoms with van der Waals surface area (Å²) < 4.78 is 39.3. The maximum atomic E-state index is 13.1. The molecule has 0 aromatic rings. The molecule has 1 heterocycles. The molecule has 24 heavy (non-hydrogen) atoms. The van der Waals surface area contributed by atoms with Gasteiger partial charge < -0.3 is 4.90 Å². The molecule has 2 rings (SSSR count). The van der Waals surface area contributed by atoms with Gasteiger partial charge >= 0.3 is 6.18 Å². The molecule has 1 atom stereocenters. The lowest BCUT2D eigenvalue weighted by molar-refractivity contribution is -0.216. The third kappa shape index (κ3) is 2.83. The summed E-state index contributed by atoms with van der Waals surface area (Å²) in [5.41, 5.74) is -3.80. The number of nitriles is 1. The van der Waals surface area contributed by atoms with Crippen LogP contribution in [-0.2, 0) is 9.59 Å². The topological polar surface area (TPSA) is 61.2 Å². The predicted molar refractivity (Wildman–Crippen MR) is 80.6 cm³/mol. The molecule has 0 bridgehead atoms. The van der Waals surface area contributed by atoms with Gasteiger partial charge in [-0.05, 0) is 26.7 Å². The summed E-state index contributed by atoms with van der Waals surface area (Å²) in [6.07, 6.45) is -2.20. The molecule has 0 radical (unpaired) electrons. The molecule has 1 aliphatic heterocycles. The van der Waals surface area contributed by atoms with Crippen molar-refractivity contribution in [2.24, 2.45) is 16.2 Å². The van der Waals surface area contributed by atoms with E-state index in [0.29, 0.717) is 12.8 Å². The minimum Gasteiger partial charge on any atom is -0.341 e. The lowest BCUT2D eigenvalue weighted by Gasteiger charge is -2.39. The quantitative estimate of drug-likeness (QED) is 0.735. The number of ketones is 1. The van der Waals surface area contributed by atoms with Crippen molar-refractivity contribution in [3.05, 3.63) is 11.6 Å². The van der Waals surface area contributed by atoms with E-state index >= 15 is 0 Å². The fraction of sp³-hybridized carbons (Fsp3) is 0.706. The third-order valence-corrected chi connectivity index (χ3v) is 5.14. The van der Waals surface area contributed by atoms with E-state index in [1.54, 1.807) is 19.9 Å². The van der Waals surface area contributed by atoms with Crippen LogP contribution in [0.3, 0.4) is 0 Å². The summed E-state index contributed by atoms with van der Waals surface area (Å²) in [6.45, 7) is 5.51. The summed E-state index contributed by atoms with van der Waals surface area (Å²) >= 11 is 0. The van der Waals surface area contributed by atoms with E-state index in [2.05, 4.69) is 0 Å². The summed E-state index contributed by atoms with van der Waals surface area (Å²) in [4.78, 5) is 25.8. The Morgan fingerprint density at radius 3 is 2.42 bits per heavy atom. The second kappa shape index (κ2) is 5.33. The molecule has 1 saturated heterocycles. The lowest BCUT2D eigenvalue weighted by Crippen LogP contribution is -2.49. The van der Waals surface area contributed by atoms with Crippen LogP contribution in [0, 0.1) is 27.6 Å². The number of hydrogen-bond acceptors (Lipinski definition) is 3. The number of nitrogens with zero attached hydrogens (tertiary/aromatic N) is 2. The first-order valence-electron chi connectivity index (χ1n) is 7.80. The number of hydrogen-bond donors (Lipinski definition) is 0. The molecule has 0 aromatic heterocycles. The van der Waals surface area contributed by atoms with E-state index in [1.807, 2.05) is 6.07 Å². The second-order valence-corrected chi connectivity index (χ2v) is 8.02. The zero-order chi connectivity index (χ0) is 18.6. The average Bonchev–Trinajstić information content (AvgIpc) is 2.83. The van der Waals surface area contributed by atoms with Gasteiger partial charge in [0.1, 0.15) is 11.5 Å². The largest absolute Gasteiger partial charge is 0.402 e. The Kier molecular flexibility index (Phi) is 4.11. The zero-order valence-corrected chi connectivity index (χ0v) is 14.3. The molecule has 132 valence electrons. The number of carbonyl (C=O) groups is 2. The van der Waals surface area contributed by atoms with Crippen LogP contribution in [0.25, 0.3) is 0 Å². The number of likely N-dealkylation sites (tertiary alicyclic amines) is 1. The Bertz CT molecular complexity index is 656. The van der Waals surface area contributed by atoms with E-state index in [-0.39, 0.29) is 24.4 Å². The molecule has 0 N–H and O–H groups in total. The fourth-order valence-electron chi connectivity index (χ4n) is 3.68. The Balaban J connectivity index is 2.30. The molecule has 7 heteroatoms. The summed E-state index contributed by atoms with van der Waals surface area (Å²) in [7, 11) is 0. The van der Waals surface area contributed by atoms with Gasteiger partial charge in [-0.15, -0.1) is 0 Å². The summed E-state index contributed by atoms with van der Waals surface area (Å²) in [5.74, 6) is -1.22. The van der Waals surface area contributed by atoms with Crippen LogP contribution in [0.4, 0.5) is 13.2 Å². The molecule has 1 fully saturated rings. The normalized spacial score (nSPS) is 27.2. The van der Waals surface area contributed by atoms with Crippen molar-refractivity contribution >= 4 is 11.7 Å². The van der Waals surface area contributed by atoms with E-state index < -0.39 is 28.3 Å². The highest BCUT2D eigenvalue weighted by Crippen LogP contribution is 2.49. The third-order valence-electron chi connectivity index (χ3n) is 5.14. The molecule has 1 spiro atoms. The van der Waals surface area contributed by atoms with E-state index in [0.717, 1.165) is 13.8 Å². The SMILES string of the molecule is CC1(C)C[C@]2(C=C(C#N)C1=O)CCN(C(=O)C(C)(C)C(F)(F)F)C2. The van der Waals surface area contributed by atoms with Crippen molar-refractivity contribution < 1.29 is 22.8 Å². The number of Topliss-reactive ketones (excluding diaryl/α,β-unsaturated/α-hetero) is 1. The van der Waals surface area contributed by atoms with Gasteiger partial charge in [0.2, 0.25) is 5.91 Å². The van der Waals surface area contributed by atoms with Gasteiger partial charge in [-0.2, -0.15) is 18.4 Å². The first kappa shape index (κ1) is 18.5. The van der Waals surface area contributed by atoms with Crippen LogP contribution in [0.5, 0.6) is 0 Å². The molecule has 2 aliphatic rings. The molecule has 0 aromatic carbocycles. The van der Waals surface area contributed by atoms with Crippen LogP contribution >= 0.6 is 0 Å². The monoisotopic (exact) mass is 342 g/mol. The van der Waals surface area contributed by atoms with Crippen LogP contribution in [-0.4, -0.2) is 35.9 Å². The standard InChI is InChI=1S/C17H21F3N2O2/c1-14(2)9-16(7-11(8-21)12(14)23)5-6-22(10-16)13(24)15(3,4)17(18,19)20/h7H,5-6,9-10H2,1-4H3/t16-/m1/s1. The van der Waals surface area contributed by atoms with Crippen molar-refractivity contribution in [1.82, 2.24) is 4.90 Å². The van der Waals surface area contributed by atoms with Crippen molar-refractivity contribution in [3.8, 4) is 6.07 Å². The number of halogens is 3. The predicted octanol–water partition coefficient (Wildman–Crippen LogP) is 3.24. The van der Waals surface area contributed by atoms with Gasteiger partial charge in [-0.3, -0.25) is 9.59 Å². The number of amides is 1. The lowest BCUT2D eigenvalue weighted by atomic mass is 9.64. The fourth-order valence-corrected chi connectivity index (χ4v) is 3.68. The van der Waals surface area contributed by atoms with Gasteiger partial charge in [0, 0.05) is 23.9 Å². The molecule has 1 aliphatic carbocycles. The van der Waals surface area contributed by atoms with Gasteiger partial charge in [0.25, 0.3) is 0 Å². The highest BCUT2D eigenvalue weighted by Gasteiger charge is 2.57. The minimum absolute atomic E-state index is 0.0376. The van der Waals surface area contributed by atoms with Gasteiger partial charge in [0.05, 0.1) is 5.57 Å². The summed E-state index contributed by atoms with van der Waals surface area (Å²) in [6, 6.07) is 1.89. The number of carbonyl (C=O) groups excluding carboxylic acids is 2. The van der Waals surface area contributed by atoms with E-state index in [1.165, 1.54) is 4.90 Å². The Labute approximate surface area is 139 Å². The van der Waals surface area contributed by atoms with Gasteiger partial charge in [-0.1, -0.05) is 19.9 Å². The zero-order valence-electron chi connectivity index (χ0n) is 14.3. The molecule has 0 unspecified atom stereocenters. The maximum Gasteiger partial charge on any atom is 0.402 e. The van der Waals surface area contributed by atoms with Gasteiger partial charge in [-0.25, -0.2) is 0 Å². The van der Waals surface area contributed by atoms with E-state index in [4.69, 9.17) is 0 Å². The Hall–Kier alpha value is -1.84. The average molecular weight is 342 g/mol. The molecule has 4 nitrogen and oxygen atoms in total. The highest BCUT2D eigenvalue weighted by atomic mass is 19.4. The summed E-state index contributed by atoms with van der Waals surface area (Å²) in [5, 5.41) is 9.18. The van der Waals surface area contributed by atoms with Crippen molar-refractivity contribution in [1.29, 1.82) is 5.26 Å². The first-order valence-corrected chi connectivity index (χ1v) is 7.80. The van der Waals surface area contributed by atoms with Crippen LogP contribution in [0.2, 0.25) is 0 Å². The van der Waals surface area contributed by atoms with Crippen molar-refractivity contribution in [2.45, 2.75) is 46.7 Å². The molecule has 0 saturated carbocycles. The smallest absolute Gasteiger partial charge is 0.341 e. The number of alkyl halides is 3. The Morgan fingerprint density at radius 1 is 1.33 bits per heavy atom. The molecule has 1 amide bonds. The van der Waals surface area contributed by atoms with Crippen molar-refractivity contribution in [3.63, 3.8) is 0 Å². The highest BCUT2D eigenvalue weighted by molar-refractivity contribution is 6.03. The minimum atomic E-state index is -4.63. The van der Waals surface area contributed by atoms with Gasteiger partial charge in [0.15, 0.2) is 5.78 Å². The molecular weight excluding hydrogens is 321 g/mol. The van der Waals surface area contributed by atoms with Crippen LogP contribution in [0.15, 0.2) is 11.6 Å². The first-order chi connectivity index (χ1) is 10.8. The molecular formula is C17H21F3N2O2.